The van der Waals surface area contributed by atoms with Gasteiger partial charge in [0, 0.05) is 11.2 Å². The number of benzene rings is 1. The molecule has 0 spiro atoms. The van der Waals surface area contributed by atoms with Crippen LogP contribution in [0.1, 0.15) is 37.1 Å². The number of rotatable bonds is 5. The van der Waals surface area contributed by atoms with Gasteiger partial charge in [-0.25, -0.2) is 0 Å². The maximum Gasteiger partial charge on any atom is 0.266 e. The summed E-state index contributed by atoms with van der Waals surface area (Å²) in [6, 6.07) is 17.5. The number of fused-ring (bicyclic) bond motifs is 5. The smallest absolute Gasteiger partial charge is 0.266 e. The van der Waals surface area contributed by atoms with E-state index in [4.69, 9.17) is 0 Å². The Morgan fingerprint density at radius 2 is 1.75 bits per heavy atom. The lowest BCUT2D eigenvalue weighted by molar-refractivity contribution is 1.06. The molecule has 0 bridgehead atoms. The summed E-state index contributed by atoms with van der Waals surface area (Å²) in [5, 5.41) is 1.36. The van der Waals surface area contributed by atoms with Crippen LogP contribution >= 0.6 is 0 Å². The third-order valence-corrected chi connectivity index (χ3v) is 14.2. The second-order valence-electron chi connectivity index (χ2n) is 10.3. The Kier molecular flexibility index (Phi) is 4.84. The molecule has 0 saturated heterocycles. The monoisotopic (exact) mass is 457 g/mol. The predicted molar refractivity (Wildman–Crippen MR) is 144 cm³/mol. The van der Waals surface area contributed by atoms with Gasteiger partial charge in [0.2, 0.25) is 0 Å². The van der Waals surface area contributed by atoms with Gasteiger partial charge >= 0.3 is 0 Å². The van der Waals surface area contributed by atoms with Gasteiger partial charge < -0.3 is 12.7 Å². The molecule has 5 rings (SSSR count). The summed E-state index contributed by atoms with van der Waals surface area (Å²) in [5.74, 6) is 0. The van der Waals surface area contributed by atoms with Gasteiger partial charge in [-0.3, -0.25) is 0 Å². The number of aromatic nitrogens is 3. The van der Waals surface area contributed by atoms with Gasteiger partial charge in [-0.05, 0) is 116 Å². The molecule has 0 unspecified atom stereocenters. The molecule has 5 heteroatoms. The first-order valence-electron chi connectivity index (χ1n) is 11.9. The lowest BCUT2D eigenvalue weighted by Crippen LogP contribution is -2.40. The highest BCUT2D eigenvalue weighted by molar-refractivity contribution is 6.77. The van der Waals surface area contributed by atoms with E-state index >= 15 is 0 Å². The summed E-state index contributed by atoms with van der Waals surface area (Å²) < 4.78 is 7.77. The first kappa shape index (κ1) is 21.3. The fraction of sp³-hybridized carbons (Fsp3) is 0.333. The second-order valence-corrected chi connectivity index (χ2v) is 19.1. The quantitative estimate of drug-likeness (QED) is 0.273. The lowest BCUT2D eigenvalue weighted by Gasteiger charge is -2.26. The fourth-order valence-electron chi connectivity index (χ4n) is 5.38. The molecule has 4 aromatic rings. The van der Waals surface area contributed by atoms with Crippen molar-refractivity contribution in [1.82, 2.24) is 12.7 Å². The van der Waals surface area contributed by atoms with Gasteiger partial charge in [-0.15, -0.1) is 0 Å². The van der Waals surface area contributed by atoms with Crippen molar-refractivity contribution in [3.05, 3.63) is 71.7 Å². The van der Waals surface area contributed by atoms with E-state index in [1.54, 1.807) is 0 Å². The molecule has 3 nitrogen and oxygen atoms in total. The van der Waals surface area contributed by atoms with Crippen molar-refractivity contribution in [2.24, 2.45) is 0 Å². The van der Waals surface area contributed by atoms with E-state index in [0.29, 0.717) is 0 Å². The SMILES string of the molecule is CCC(=Cc1cc2c(cc1C)cc1n2[Si](C)(C)n2cccc2-1)c1cccn1[Si](C)(C)CC. The van der Waals surface area contributed by atoms with E-state index in [9.17, 15) is 0 Å². The fourth-order valence-corrected chi connectivity index (χ4v) is 10.1. The van der Waals surface area contributed by atoms with Crippen molar-refractivity contribution in [3.63, 3.8) is 0 Å². The molecule has 0 amide bonds. The van der Waals surface area contributed by atoms with Gasteiger partial charge in [0.1, 0.15) is 0 Å². The Balaban J connectivity index is 1.68. The molecule has 0 fully saturated rings. The van der Waals surface area contributed by atoms with Crippen LogP contribution in [-0.4, -0.2) is 29.3 Å². The average Bonchev–Trinajstić information content (AvgIpc) is 3.51. The summed E-state index contributed by atoms with van der Waals surface area (Å²) in [5.41, 5.74) is 9.66. The zero-order chi connectivity index (χ0) is 22.8. The Bertz CT molecular complexity index is 1360. The van der Waals surface area contributed by atoms with Crippen LogP contribution in [0.3, 0.4) is 0 Å². The average molecular weight is 458 g/mol. The molecule has 0 aliphatic carbocycles. The van der Waals surface area contributed by atoms with Crippen molar-refractivity contribution in [1.29, 1.82) is 0 Å². The van der Waals surface area contributed by atoms with E-state index < -0.39 is 16.6 Å². The van der Waals surface area contributed by atoms with Crippen molar-refractivity contribution in [2.45, 2.75) is 59.4 Å². The van der Waals surface area contributed by atoms with Crippen molar-refractivity contribution in [2.75, 3.05) is 0 Å². The Labute approximate surface area is 194 Å². The maximum absolute atomic E-state index is 2.65. The molecule has 1 aliphatic rings. The second kappa shape index (κ2) is 7.25. The minimum absolute atomic E-state index is 1.04. The first-order chi connectivity index (χ1) is 15.2. The largest absolute Gasteiger partial charge is 0.375 e. The third kappa shape index (κ3) is 2.98. The van der Waals surface area contributed by atoms with E-state index in [2.05, 4.69) is 121 Å². The molecule has 3 aromatic heterocycles. The van der Waals surface area contributed by atoms with Crippen LogP contribution in [0, 0.1) is 6.92 Å². The van der Waals surface area contributed by atoms with Crippen LogP contribution in [0.5, 0.6) is 0 Å². The van der Waals surface area contributed by atoms with Gasteiger partial charge in [0.15, 0.2) is 8.24 Å². The zero-order valence-electron chi connectivity index (χ0n) is 20.5. The molecule has 0 saturated carbocycles. The van der Waals surface area contributed by atoms with Crippen LogP contribution < -0.4 is 0 Å². The minimum Gasteiger partial charge on any atom is -0.375 e. The molecular weight excluding hydrogens is 422 g/mol. The number of allylic oxidation sites excluding steroid dienone is 1. The molecule has 0 radical (unpaired) electrons. The molecule has 1 aromatic carbocycles. The Morgan fingerprint density at radius 3 is 2.47 bits per heavy atom. The number of hydrogen-bond donors (Lipinski definition) is 0. The standard InChI is InChI=1S/C27H35N3Si2/c1-8-21(24-12-10-14-28(24)31(4,5)9-2)17-22-18-26-23(16-20(22)3)19-27-25-13-11-15-29(25)32(6,7)30(26)27/h10-19H,8-9H2,1-7H3. The van der Waals surface area contributed by atoms with Crippen LogP contribution in [0.25, 0.3) is 33.9 Å². The van der Waals surface area contributed by atoms with Crippen LogP contribution in [0.4, 0.5) is 0 Å². The summed E-state index contributed by atoms with van der Waals surface area (Å²) in [4.78, 5) is 0. The molecule has 0 atom stereocenters. The van der Waals surface area contributed by atoms with E-state index in [0.717, 1.165) is 6.42 Å². The van der Waals surface area contributed by atoms with Gasteiger partial charge in [0.05, 0.1) is 11.4 Å². The topological polar surface area (TPSA) is 14.8 Å². The van der Waals surface area contributed by atoms with Gasteiger partial charge in [0.25, 0.3) is 8.40 Å². The highest BCUT2D eigenvalue weighted by atomic mass is 28.3. The van der Waals surface area contributed by atoms with Crippen LogP contribution in [-0.2, 0) is 0 Å². The summed E-state index contributed by atoms with van der Waals surface area (Å²) >= 11 is 0. The van der Waals surface area contributed by atoms with Crippen molar-refractivity contribution >= 4 is 39.2 Å². The molecule has 4 heterocycles. The Hall–Kier alpha value is -2.51. The molecule has 1 aliphatic heterocycles. The van der Waals surface area contributed by atoms with Crippen LogP contribution in [0.2, 0.25) is 32.2 Å². The number of nitrogens with zero attached hydrogens (tertiary/aromatic N) is 3. The van der Waals surface area contributed by atoms with E-state index in [1.165, 1.54) is 50.7 Å². The lowest BCUT2D eigenvalue weighted by atomic mass is 10.0. The number of hydrogen-bond acceptors (Lipinski definition) is 0. The summed E-state index contributed by atoms with van der Waals surface area (Å²) in [7, 11) is -3.28. The van der Waals surface area contributed by atoms with Crippen molar-refractivity contribution < 1.29 is 0 Å². The van der Waals surface area contributed by atoms with E-state index in [-0.39, 0.29) is 0 Å². The summed E-state index contributed by atoms with van der Waals surface area (Å²) in [6.45, 7) is 16.7. The number of aryl methyl sites for hydroxylation is 1. The normalized spacial score (nSPS) is 15.4. The van der Waals surface area contributed by atoms with Crippen molar-refractivity contribution in [3.8, 4) is 11.4 Å². The third-order valence-electron chi connectivity index (χ3n) is 7.64. The minimum atomic E-state index is -1.81. The zero-order valence-corrected chi connectivity index (χ0v) is 22.5. The predicted octanol–water partition coefficient (Wildman–Crippen LogP) is 7.66. The molecule has 166 valence electrons. The molecule has 32 heavy (non-hydrogen) atoms. The molecule has 0 N–H and O–H groups in total. The van der Waals surface area contributed by atoms with Gasteiger partial charge in [-0.2, -0.15) is 0 Å². The molecular formula is C27H35N3Si2. The first-order valence-corrected chi connectivity index (χ1v) is 18.0. The highest BCUT2D eigenvalue weighted by Gasteiger charge is 2.38. The summed E-state index contributed by atoms with van der Waals surface area (Å²) in [6.07, 6.45) is 8.04. The maximum atomic E-state index is 2.65. The van der Waals surface area contributed by atoms with E-state index in [1.807, 2.05) is 0 Å². The highest BCUT2D eigenvalue weighted by Crippen LogP contribution is 2.40. The van der Waals surface area contributed by atoms with Gasteiger partial charge in [-0.1, -0.05) is 26.9 Å². The van der Waals surface area contributed by atoms with Crippen LogP contribution in [0.15, 0.2) is 54.9 Å². The Morgan fingerprint density at radius 1 is 1.00 bits per heavy atom.